The van der Waals surface area contributed by atoms with Crippen molar-refractivity contribution in [2.75, 3.05) is 5.73 Å². The summed E-state index contributed by atoms with van der Waals surface area (Å²) in [5.41, 5.74) is 9.15. The topological polar surface area (TPSA) is 91.6 Å². The fourth-order valence-electron chi connectivity index (χ4n) is 4.54. The molecule has 0 radical (unpaired) electrons. The smallest absolute Gasteiger partial charge is 0.259 e. The van der Waals surface area contributed by atoms with Gasteiger partial charge in [0.1, 0.15) is 12.1 Å². The van der Waals surface area contributed by atoms with Crippen LogP contribution in [-0.2, 0) is 6.54 Å². The van der Waals surface area contributed by atoms with Gasteiger partial charge in [-0.1, -0.05) is 56.0 Å². The van der Waals surface area contributed by atoms with Crippen LogP contribution < -0.4 is 11.3 Å². The van der Waals surface area contributed by atoms with Crippen LogP contribution >= 0.6 is 0 Å². The maximum atomic E-state index is 13.8. The quantitative estimate of drug-likeness (QED) is 0.534. The third-order valence-electron chi connectivity index (χ3n) is 6.13. The first-order chi connectivity index (χ1) is 15.5. The van der Waals surface area contributed by atoms with Gasteiger partial charge in [0, 0.05) is 5.69 Å². The predicted octanol–water partition coefficient (Wildman–Crippen LogP) is 4.03. The van der Waals surface area contributed by atoms with Gasteiger partial charge in [-0.2, -0.15) is 5.10 Å². The number of aromatic nitrogens is 5. The zero-order chi connectivity index (χ0) is 22.4. The van der Waals surface area contributed by atoms with E-state index in [1.54, 1.807) is 10.8 Å². The molecule has 0 aliphatic heterocycles. The van der Waals surface area contributed by atoms with E-state index >= 15 is 0 Å². The highest BCUT2D eigenvalue weighted by Gasteiger charge is 2.23. The zero-order valence-corrected chi connectivity index (χ0v) is 18.1. The minimum absolute atomic E-state index is 0.00180. The molecule has 3 aromatic heterocycles. The van der Waals surface area contributed by atoms with E-state index in [1.807, 2.05) is 41.8 Å². The van der Waals surface area contributed by atoms with Crippen molar-refractivity contribution in [2.45, 2.75) is 26.4 Å². The average Bonchev–Trinajstić information content (AvgIpc) is 3.14. The van der Waals surface area contributed by atoms with Crippen molar-refractivity contribution in [1.29, 1.82) is 0 Å². The minimum atomic E-state index is -0.0908. The van der Waals surface area contributed by atoms with Crippen LogP contribution in [0.4, 0.5) is 5.82 Å². The first-order valence-electron chi connectivity index (χ1n) is 10.6. The number of hydrogen-bond acceptors (Lipinski definition) is 5. The number of nitrogens with zero attached hydrogens (tertiary/aromatic N) is 5. The summed E-state index contributed by atoms with van der Waals surface area (Å²) >= 11 is 0. The number of allylic oxidation sites excluding steroid dienone is 4. The first-order valence-corrected chi connectivity index (χ1v) is 10.6. The molecule has 1 aromatic carbocycles. The maximum absolute atomic E-state index is 13.8. The normalized spacial score (nSPS) is 17.9. The van der Waals surface area contributed by atoms with E-state index < -0.39 is 0 Å². The standard InChI is InChI=1S/C25H24N6O/c1-4-19-22-23(26)27-14-28-24(22)30(29-19)13-18-12-17-10-7-9-16(3)21(17)25(32)31(18)20-11-6-5-8-15(20)2/h4-12,14-15,20H,1,13H2,2-3H3,(H2,26,27,28). The Morgan fingerprint density at radius 2 is 2.00 bits per heavy atom. The van der Waals surface area contributed by atoms with Crippen LogP contribution in [0.1, 0.15) is 29.9 Å². The van der Waals surface area contributed by atoms with Crippen molar-refractivity contribution >= 4 is 33.7 Å². The highest BCUT2D eigenvalue weighted by Crippen LogP contribution is 2.28. The third kappa shape index (κ3) is 3.05. The van der Waals surface area contributed by atoms with Gasteiger partial charge < -0.3 is 10.3 Å². The Bertz CT molecular complexity index is 1490. The third-order valence-corrected chi connectivity index (χ3v) is 6.13. The number of aryl methyl sites for hydroxylation is 1. The summed E-state index contributed by atoms with van der Waals surface area (Å²) < 4.78 is 3.66. The second kappa shape index (κ2) is 7.60. The number of nitrogen functional groups attached to an aromatic ring is 1. The Balaban J connectivity index is 1.77. The summed E-state index contributed by atoms with van der Waals surface area (Å²) in [7, 11) is 0. The number of pyridine rings is 1. The zero-order valence-electron chi connectivity index (χ0n) is 18.1. The van der Waals surface area contributed by atoms with Crippen LogP contribution in [0.25, 0.3) is 27.9 Å². The summed E-state index contributed by atoms with van der Waals surface area (Å²) in [6, 6.07) is 7.92. The van der Waals surface area contributed by atoms with Crippen LogP contribution in [0.2, 0.25) is 0 Å². The van der Waals surface area contributed by atoms with Gasteiger partial charge in [0.15, 0.2) is 5.65 Å². The van der Waals surface area contributed by atoms with Crippen molar-refractivity contribution in [3.05, 3.63) is 88.8 Å². The molecule has 5 rings (SSSR count). The SMILES string of the molecule is C=Cc1nn(Cc2cc3cccc(C)c3c(=O)n2C2C=CC=CC2C)c2ncnc(N)c12. The summed E-state index contributed by atoms with van der Waals surface area (Å²) in [5, 5.41) is 6.99. The molecule has 7 nitrogen and oxygen atoms in total. The van der Waals surface area contributed by atoms with Gasteiger partial charge in [0.2, 0.25) is 0 Å². The summed E-state index contributed by atoms with van der Waals surface area (Å²) in [4.78, 5) is 22.3. The van der Waals surface area contributed by atoms with Crippen LogP contribution in [0.15, 0.2) is 66.3 Å². The van der Waals surface area contributed by atoms with Crippen LogP contribution in [-0.4, -0.2) is 24.3 Å². The second-order valence-corrected chi connectivity index (χ2v) is 8.17. The number of fused-ring (bicyclic) bond motifs is 2. The van der Waals surface area contributed by atoms with Gasteiger partial charge in [-0.3, -0.25) is 4.79 Å². The number of hydrogen-bond donors (Lipinski definition) is 1. The van der Waals surface area contributed by atoms with E-state index in [2.05, 4.69) is 46.8 Å². The van der Waals surface area contributed by atoms with E-state index in [0.717, 1.165) is 22.0 Å². The van der Waals surface area contributed by atoms with E-state index in [0.29, 0.717) is 29.1 Å². The predicted molar refractivity (Wildman–Crippen MR) is 128 cm³/mol. The fourth-order valence-corrected chi connectivity index (χ4v) is 4.54. The largest absolute Gasteiger partial charge is 0.383 e. The lowest BCUT2D eigenvalue weighted by Crippen LogP contribution is -2.32. The minimum Gasteiger partial charge on any atom is -0.383 e. The van der Waals surface area contributed by atoms with Crippen molar-refractivity contribution in [2.24, 2.45) is 5.92 Å². The Hall–Kier alpha value is -4.00. The van der Waals surface area contributed by atoms with Gasteiger partial charge in [-0.25, -0.2) is 14.6 Å². The first kappa shape index (κ1) is 19.9. The number of nitrogens with two attached hydrogens (primary N) is 1. The molecule has 2 unspecified atom stereocenters. The van der Waals surface area contributed by atoms with E-state index in [9.17, 15) is 4.79 Å². The Labute approximate surface area is 185 Å². The second-order valence-electron chi connectivity index (χ2n) is 8.17. The molecule has 2 N–H and O–H groups in total. The molecule has 160 valence electrons. The average molecular weight is 425 g/mol. The fraction of sp³-hybridized carbons (Fsp3) is 0.200. The van der Waals surface area contributed by atoms with Gasteiger partial charge in [-0.15, -0.1) is 0 Å². The highest BCUT2D eigenvalue weighted by molar-refractivity contribution is 5.92. The van der Waals surface area contributed by atoms with Gasteiger partial charge in [0.25, 0.3) is 5.56 Å². The summed E-state index contributed by atoms with van der Waals surface area (Å²) in [5.74, 6) is 0.533. The molecule has 0 spiro atoms. The Morgan fingerprint density at radius 1 is 1.19 bits per heavy atom. The maximum Gasteiger partial charge on any atom is 0.259 e. The van der Waals surface area contributed by atoms with Crippen LogP contribution in [0.5, 0.6) is 0 Å². The molecule has 3 heterocycles. The lowest BCUT2D eigenvalue weighted by atomic mass is 9.95. The molecule has 0 saturated carbocycles. The number of rotatable bonds is 4. The van der Waals surface area contributed by atoms with Crippen molar-refractivity contribution < 1.29 is 0 Å². The Kier molecular flexibility index (Phi) is 4.74. The van der Waals surface area contributed by atoms with Gasteiger partial charge in [-0.05, 0) is 35.9 Å². The lowest BCUT2D eigenvalue weighted by Gasteiger charge is -2.27. The summed E-state index contributed by atoms with van der Waals surface area (Å²) in [6.45, 7) is 8.31. The van der Waals surface area contributed by atoms with Crippen molar-refractivity contribution in [3.8, 4) is 0 Å². The Morgan fingerprint density at radius 3 is 2.78 bits per heavy atom. The van der Waals surface area contributed by atoms with Crippen LogP contribution in [0.3, 0.4) is 0 Å². The molecule has 0 fully saturated rings. The van der Waals surface area contributed by atoms with Crippen molar-refractivity contribution in [1.82, 2.24) is 24.3 Å². The van der Waals surface area contributed by atoms with Crippen molar-refractivity contribution in [3.63, 3.8) is 0 Å². The van der Waals surface area contributed by atoms with E-state index in [4.69, 9.17) is 5.73 Å². The van der Waals surface area contributed by atoms with Crippen LogP contribution in [0, 0.1) is 12.8 Å². The molecule has 0 amide bonds. The molecule has 32 heavy (non-hydrogen) atoms. The highest BCUT2D eigenvalue weighted by atomic mass is 16.1. The molecule has 1 aliphatic carbocycles. The number of benzene rings is 1. The molecule has 0 saturated heterocycles. The van der Waals surface area contributed by atoms with E-state index in [1.165, 1.54) is 6.33 Å². The van der Waals surface area contributed by atoms with E-state index in [-0.39, 0.29) is 17.5 Å². The van der Waals surface area contributed by atoms with Gasteiger partial charge >= 0.3 is 0 Å². The molecule has 2 atom stereocenters. The molecule has 0 bridgehead atoms. The molecule has 1 aliphatic rings. The monoisotopic (exact) mass is 424 g/mol. The molecular weight excluding hydrogens is 400 g/mol. The molecular formula is C25H24N6O. The lowest BCUT2D eigenvalue weighted by molar-refractivity contribution is 0.452. The summed E-state index contributed by atoms with van der Waals surface area (Å²) in [6.07, 6.45) is 11.3. The van der Waals surface area contributed by atoms with Gasteiger partial charge in [0.05, 0.1) is 29.1 Å². The molecule has 7 heteroatoms. The molecule has 4 aromatic rings. The number of anilines is 1.